The van der Waals surface area contributed by atoms with Gasteiger partial charge in [-0.25, -0.2) is 9.78 Å². The van der Waals surface area contributed by atoms with E-state index >= 15 is 0 Å². The molecule has 0 aliphatic rings. The molecular formula is C10H11ClN2O5. The number of carbonyl (C=O) groups is 1. The Hall–Kier alpha value is -1.73. The Bertz CT molecular complexity index is 452. The highest BCUT2D eigenvalue weighted by atomic mass is 35.5. The number of aromatic nitrogens is 1. The number of pyridine rings is 1. The summed E-state index contributed by atoms with van der Waals surface area (Å²) in [6.45, 7) is 2.62. The van der Waals surface area contributed by atoms with E-state index in [0.29, 0.717) is 6.61 Å². The van der Waals surface area contributed by atoms with Crippen LogP contribution in [0, 0.1) is 10.1 Å². The third-order valence-corrected chi connectivity index (χ3v) is 2.22. The van der Waals surface area contributed by atoms with Crippen molar-refractivity contribution in [2.75, 3.05) is 19.8 Å². The molecular weight excluding hydrogens is 264 g/mol. The average Bonchev–Trinajstić information content (AvgIpc) is 2.34. The molecule has 0 saturated carbocycles. The molecule has 18 heavy (non-hydrogen) atoms. The molecule has 8 heteroatoms. The second kappa shape index (κ2) is 6.87. The van der Waals surface area contributed by atoms with Gasteiger partial charge in [0.15, 0.2) is 0 Å². The van der Waals surface area contributed by atoms with Crippen molar-refractivity contribution in [3.8, 4) is 0 Å². The molecule has 0 spiro atoms. The van der Waals surface area contributed by atoms with E-state index < -0.39 is 10.9 Å². The van der Waals surface area contributed by atoms with Gasteiger partial charge in [0, 0.05) is 12.7 Å². The van der Waals surface area contributed by atoms with Gasteiger partial charge in [0.25, 0.3) is 5.69 Å². The zero-order chi connectivity index (χ0) is 13.5. The second-order valence-corrected chi connectivity index (χ2v) is 3.48. The summed E-state index contributed by atoms with van der Waals surface area (Å²) in [6.07, 6.45) is 0.972. The number of esters is 1. The van der Waals surface area contributed by atoms with E-state index in [9.17, 15) is 14.9 Å². The number of hydrogen-bond donors (Lipinski definition) is 0. The zero-order valence-corrected chi connectivity index (χ0v) is 10.3. The molecule has 0 amide bonds. The fraction of sp³-hybridized carbons (Fsp3) is 0.400. The van der Waals surface area contributed by atoms with Gasteiger partial charge in [0.05, 0.1) is 11.5 Å². The maximum absolute atomic E-state index is 11.6. The predicted molar refractivity (Wildman–Crippen MR) is 62.7 cm³/mol. The lowest BCUT2D eigenvalue weighted by molar-refractivity contribution is -0.385. The van der Waals surface area contributed by atoms with Crippen LogP contribution in [0.15, 0.2) is 12.3 Å². The Morgan fingerprint density at radius 2 is 2.28 bits per heavy atom. The molecule has 0 N–H and O–H groups in total. The van der Waals surface area contributed by atoms with Gasteiger partial charge >= 0.3 is 5.97 Å². The highest BCUT2D eigenvalue weighted by Gasteiger charge is 2.18. The Balaban J connectivity index is 2.72. The minimum Gasteiger partial charge on any atom is -0.460 e. The summed E-state index contributed by atoms with van der Waals surface area (Å²) in [7, 11) is 0. The summed E-state index contributed by atoms with van der Waals surface area (Å²) in [5.41, 5.74) is -0.460. The van der Waals surface area contributed by atoms with Gasteiger partial charge in [0.1, 0.15) is 23.5 Å². The van der Waals surface area contributed by atoms with Crippen molar-refractivity contribution in [1.82, 2.24) is 4.98 Å². The van der Waals surface area contributed by atoms with E-state index in [-0.39, 0.29) is 29.6 Å². The summed E-state index contributed by atoms with van der Waals surface area (Å²) in [5, 5.41) is 10.4. The van der Waals surface area contributed by atoms with Gasteiger partial charge in [-0.05, 0) is 6.92 Å². The first-order valence-electron chi connectivity index (χ1n) is 5.11. The topological polar surface area (TPSA) is 91.6 Å². The maximum atomic E-state index is 11.6. The van der Waals surface area contributed by atoms with E-state index in [1.807, 2.05) is 6.92 Å². The molecule has 0 atom stereocenters. The van der Waals surface area contributed by atoms with E-state index in [0.717, 1.165) is 12.3 Å². The molecule has 1 rings (SSSR count). The van der Waals surface area contributed by atoms with E-state index in [2.05, 4.69) is 4.98 Å². The fourth-order valence-electron chi connectivity index (χ4n) is 1.10. The van der Waals surface area contributed by atoms with Crippen molar-refractivity contribution in [2.45, 2.75) is 6.92 Å². The lowest BCUT2D eigenvalue weighted by atomic mass is 10.2. The quantitative estimate of drug-likeness (QED) is 0.258. The van der Waals surface area contributed by atoms with Crippen molar-refractivity contribution in [2.24, 2.45) is 0 Å². The lowest BCUT2D eigenvalue weighted by Crippen LogP contribution is -2.12. The van der Waals surface area contributed by atoms with E-state index in [4.69, 9.17) is 21.1 Å². The highest BCUT2D eigenvalue weighted by molar-refractivity contribution is 6.32. The Labute approximate surface area is 108 Å². The highest BCUT2D eigenvalue weighted by Crippen LogP contribution is 2.19. The molecule has 0 fully saturated rings. The summed E-state index contributed by atoms with van der Waals surface area (Å²) < 4.78 is 9.81. The molecule has 0 aromatic carbocycles. The molecule has 0 unspecified atom stereocenters. The summed E-state index contributed by atoms with van der Waals surface area (Å²) in [5.74, 6) is -0.768. The summed E-state index contributed by atoms with van der Waals surface area (Å²) in [4.78, 5) is 25.0. The third-order valence-electron chi connectivity index (χ3n) is 1.92. The largest absolute Gasteiger partial charge is 0.460 e. The van der Waals surface area contributed by atoms with Gasteiger partial charge < -0.3 is 9.47 Å². The Kier molecular flexibility index (Phi) is 5.47. The van der Waals surface area contributed by atoms with Crippen LogP contribution in [-0.4, -0.2) is 35.7 Å². The molecule has 0 radical (unpaired) electrons. The van der Waals surface area contributed by atoms with Gasteiger partial charge in [-0.3, -0.25) is 10.1 Å². The third kappa shape index (κ3) is 3.94. The van der Waals surface area contributed by atoms with E-state index in [1.54, 1.807) is 0 Å². The molecule has 0 aliphatic heterocycles. The molecule has 0 aliphatic carbocycles. The number of hydrogen-bond acceptors (Lipinski definition) is 6. The van der Waals surface area contributed by atoms with Crippen LogP contribution in [-0.2, 0) is 9.47 Å². The first-order chi connectivity index (χ1) is 8.56. The van der Waals surface area contributed by atoms with Crippen molar-refractivity contribution >= 4 is 23.3 Å². The molecule has 98 valence electrons. The van der Waals surface area contributed by atoms with Gasteiger partial charge in [0.2, 0.25) is 0 Å². The number of rotatable bonds is 6. The van der Waals surface area contributed by atoms with Crippen molar-refractivity contribution in [1.29, 1.82) is 0 Å². The minimum absolute atomic E-state index is 0.0473. The van der Waals surface area contributed by atoms with Crippen molar-refractivity contribution in [3.05, 3.63) is 33.1 Å². The van der Waals surface area contributed by atoms with Crippen LogP contribution >= 0.6 is 11.6 Å². The van der Waals surface area contributed by atoms with Crippen LogP contribution in [0.4, 0.5) is 5.69 Å². The SMILES string of the molecule is CCOCCOC(=O)c1cc([N+](=O)[O-])cnc1Cl. The van der Waals surface area contributed by atoms with Crippen molar-refractivity contribution in [3.63, 3.8) is 0 Å². The molecule has 1 aromatic heterocycles. The van der Waals surface area contributed by atoms with Gasteiger partial charge in [-0.1, -0.05) is 11.6 Å². The first kappa shape index (κ1) is 14.3. The number of ether oxygens (including phenoxy) is 2. The molecule has 0 bridgehead atoms. The van der Waals surface area contributed by atoms with Gasteiger partial charge in [-0.15, -0.1) is 0 Å². The minimum atomic E-state index is -0.768. The molecule has 7 nitrogen and oxygen atoms in total. The predicted octanol–water partition coefficient (Wildman–Crippen LogP) is 1.84. The standard InChI is InChI=1S/C10H11ClN2O5/c1-2-17-3-4-18-10(14)8-5-7(13(15)16)6-12-9(8)11/h5-6H,2-4H2,1H3. The van der Waals surface area contributed by atoms with Crippen LogP contribution in [0.5, 0.6) is 0 Å². The molecule has 0 saturated heterocycles. The average molecular weight is 275 g/mol. The normalized spacial score (nSPS) is 10.1. The second-order valence-electron chi connectivity index (χ2n) is 3.12. The summed E-state index contributed by atoms with van der Waals surface area (Å²) in [6, 6.07) is 1.03. The zero-order valence-electron chi connectivity index (χ0n) is 9.59. The number of nitrogens with zero attached hydrogens (tertiary/aromatic N) is 2. The van der Waals surface area contributed by atoms with Crippen LogP contribution in [0.2, 0.25) is 5.15 Å². The van der Waals surface area contributed by atoms with Gasteiger partial charge in [-0.2, -0.15) is 0 Å². The Morgan fingerprint density at radius 1 is 1.56 bits per heavy atom. The van der Waals surface area contributed by atoms with Crippen LogP contribution in [0.1, 0.15) is 17.3 Å². The van der Waals surface area contributed by atoms with E-state index in [1.165, 1.54) is 0 Å². The smallest absolute Gasteiger partial charge is 0.341 e. The number of carbonyl (C=O) groups excluding carboxylic acids is 1. The monoisotopic (exact) mass is 274 g/mol. The maximum Gasteiger partial charge on any atom is 0.341 e. The van der Waals surface area contributed by atoms with Crippen molar-refractivity contribution < 1.29 is 19.2 Å². The van der Waals surface area contributed by atoms with Crippen LogP contribution < -0.4 is 0 Å². The lowest BCUT2D eigenvalue weighted by Gasteiger charge is -2.05. The summed E-state index contributed by atoms with van der Waals surface area (Å²) >= 11 is 5.67. The fourth-order valence-corrected chi connectivity index (χ4v) is 1.28. The van der Waals surface area contributed by atoms with Crippen LogP contribution in [0.3, 0.4) is 0 Å². The first-order valence-corrected chi connectivity index (χ1v) is 5.48. The van der Waals surface area contributed by atoms with Crippen LogP contribution in [0.25, 0.3) is 0 Å². The molecule has 1 heterocycles. The number of halogens is 1. The molecule has 1 aromatic rings. The Morgan fingerprint density at radius 3 is 2.89 bits per heavy atom. The number of nitro groups is 1.